The van der Waals surface area contributed by atoms with Crippen LogP contribution < -0.4 is 98.2 Å². The Balaban J connectivity index is 0.000000281. The number of aliphatic imine (C=N–C) groups is 3. The molecule has 0 radical (unpaired) electrons. The third-order valence-electron chi connectivity index (χ3n) is 21.9. The van der Waals surface area contributed by atoms with E-state index in [0.29, 0.717) is 38.5 Å². The molecule has 10 rings (SSSR count). The lowest BCUT2D eigenvalue weighted by Gasteiger charge is -2.31. The third kappa shape index (κ3) is 28.9. The molecule has 660 valence electrons. The van der Waals surface area contributed by atoms with Gasteiger partial charge in [0, 0.05) is 125 Å². The van der Waals surface area contributed by atoms with Crippen LogP contribution >= 0.6 is 0 Å². The molecule has 4 fully saturated rings. The van der Waals surface area contributed by atoms with Crippen molar-refractivity contribution < 1.29 is 67.1 Å². The summed E-state index contributed by atoms with van der Waals surface area (Å²) in [5.41, 5.74) is 37.8. The van der Waals surface area contributed by atoms with Crippen LogP contribution in [0.25, 0.3) is 21.8 Å². The quantitative estimate of drug-likeness (QED) is 0.0165. The van der Waals surface area contributed by atoms with Crippen molar-refractivity contribution in [2.45, 2.75) is 196 Å². The van der Waals surface area contributed by atoms with Gasteiger partial charge in [0.15, 0.2) is 23.7 Å². The molecule has 1 unspecified atom stereocenters. The molecule has 38 heteroatoms. The zero-order valence-electron chi connectivity index (χ0n) is 69.3. The minimum absolute atomic E-state index is 0.0186. The number of guanidine groups is 3. The molecule has 0 bridgehead atoms. The number of aromatic nitrogens is 2. The van der Waals surface area contributed by atoms with Gasteiger partial charge in [-0.1, -0.05) is 103 Å². The number of hydrogen-bond acceptors (Lipinski definition) is 17. The Morgan fingerprint density at radius 3 is 1.33 bits per heavy atom. The molecular weight excluding hydrogens is 1580 g/mol. The van der Waals surface area contributed by atoms with Gasteiger partial charge in [-0.05, 0) is 124 Å². The summed E-state index contributed by atoms with van der Waals surface area (Å²) in [6, 6.07) is 22.2. The number of Topliss-reactive ketones (excluding diaryl/α,β-unsaturated/α-hetero) is 1. The van der Waals surface area contributed by atoms with Crippen LogP contribution in [0.3, 0.4) is 0 Å². The van der Waals surface area contributed by atoms with Crippen molar-refractivity contribution in [3.63, 3.8) is 0 Å². The Morgan fingerprint density at radius 2 is 0.854 bits per heavy atom. The maximum Gasteiger partial charge on any atom is 0.245 e. The zero-order chi connectivity index (χ0) is 88.5. The van der Waals surface area contributed by atoms with Crippen LogP contribution in [0.15, 0.2) is 137 Å². The SMILES string of the molecule is CC(=O)N[C@@H](Cc1ccccc1)C(=O)N[C@H]1CCCNC(=O)[C@H](CCCN=C(N)N)NC(=O)[C@H](Cc2c[nH]c3ccccc23)NC(=O)CNC(=O)[C@@H]2CCCC2C1=O.CC(=O)N[C@@H](Cc1ccccc1)C(=O)N[C@H]1CCCNC(=O)[C@H](CCCN=C(N)N)NC(=O)[C@H](Cc2c[nH]c3ccccc23)NC(=O)[C@@H](CCCN=C(N)N)NC(=O)[C@@H]2CCCN2C1=O. The summed E-state index contributed by atoms with van der Waals surface area (Å²) >= 11 is 0. The van der Waals surface area contributed by atoms with Gasteiger partial charge in [-0.25, -0.2) is 0 Å². The van der Waals surface area contributed by atoms with Crippen molar-refractivity contribution in [1.82, 2.24) is 78.7 Å². The van der Waals surface area contributed by atoms with E-state index in [9.17, 15) is 67.1 Å². The number of benzene rings is 4. The van der Waals surface area contributed by atoms with Crippen LogP contribution in [-0.4, -0.2) is 222 Å². The highest BCUT2D eigenvalue weighted by Crippen LogP contribution is 2.34. The van der Waals surface area contributed by atoms with Gasteiger partial charge in [0.05, 0.1) is 12.6 Å². The third-order valence-corrected chi connectivity index (χ3v) is 21.9. The maximum absolute atomic E-state index is 14.5. The van der Waals surface area contributed by atoms with E-state index < -0.39 is 156 Å². The second-order valence-electron chi connectivity index (χ2n) is 31.2. The molecule has 38 nitrogen and oxygen atoms in total. The Hall–Kier alpha value is -13.4. The van der Waals surface area contributed by atoms with Gasteiger partial charge in [0.1, 0.15) is 54.4 Å². The topological polar surface area (TPSA) is 611 Å². The monoisotopic (exact) mass is 1700 g/mol. The molecule has 6 aromatic rings. The van der Waals surface area contributed by atoms with Gasteiger partial charge in [-0.2, -0.15) is 0 Å². The summed E-state index contributed by atoms with van der Waals surface area (Å²) in [5.74, 6) is -9.55. The van der Waals surface area contributed by atoms with Crippen LogP contribution in [0.4, 0.5) is 0 Å². The van der Waals surface area contributed by atoms with Gasteiger partial charge in [0.25, 0.3) is 0 Å². The first-order valence-electron chi connectivity index (χ1n) is 41.8. The highest BCUT2D eigenvalue weighted by atomic mass is 16.2. The van der Waals surface area contributed by atoms with E-state index in [1.807, 2.05) is 109 Å². The van der Waals surface area contributed by atoms with E-state index in [0.717, 1.165) is 44.1 Å². The largest absolute Gasteiger partial charge is 0.370 e. The minimum Gasteiger partial charge on any atom is -0.370 e. The predicted octanol–water partition coefficient (Wildman–Crippen LogP) is -1.62. The van der Waals surface area contributed by atoms with Crippen LogP contribution in [0, 0.1) is 11.8 Å². The molecule has 4 aliphatic rings. The van der Waals surface area contributed by atoms with E-state index in [1.54, 1.807) is 12.4 Å². The second kappa shape index (κ2) is 46.9. The highest BCUT2D eigenvalue weighted by Gasteiger charge is 2.44. The van der Waals surface area contributed by atoms with E-state index in [-0.39, 0.29) is 146 Å². The summed E-state index contributed by atoms with van der Waals surface area (Å²) in [5, 5.41) is 35.1. The van der Waals surface area contributed by atoms with E-state index in [4.69, 9.17) is 34.4 Å². The van der Waals surface area contributed by atoms with E-state index in [1.165, 1.54) is 18.7 Å². The van der Waals surface area contributed by atoms with Crippen molar-refractivity contribution in [2.24, 2.45) is 61.2 Å². The fourth-order valence-corrected chi connectivity index (χ4v) is 15.8. The van der Waals surface area contributed by atoms with Crippen molar-refractivity contribution in [2.75, 3.05) is 45.8 Å². The lowest BCUT2D eigenvalue weighted by atomic mass is 9.86. The average Bonchev–Trinajstić information content (AvgIpc) is 1.70. The molecular formula is C85H116N24O14. The van der Waals surface area contributed by atoms with Gasteiger partial charge >= 0.3 is 0 Å². The predicted molar refractivity (Wildman–Crippen MR) is 461 cm³/mol. The molecule has 3 saturated heterocycles. The van der Waals surface area contributed by atoms with Crippen LogP contribution in [-0.2, 0) is 92.8 Å². The summed E-state index contributed by atoms with van der Waals surface area (Å²) in [6.07, 6.45) is 7.87. The maximum atomic E-state index is 14.5. The number of nitrogens with zero attached hydrogens (tertiary/aromatic N) is 4. The number of carbonyl (C=O) groups is 14. The number of fused-ring (bicyclic) bond motifs is 4. The minimum atomic E-state index is -1.22. The number of H-pyrrole nitrogens is 2. The summed E-state index contributed by atoms with van der Waals surface area (Å²) < 4.78 is 0. The van der Waals surface area contributed by atoms with Crippen LogP contribution in [0.5, 0.6) is 0 Å². The first-order chi connectivity index (χ1) is 59.1. The number of para-hydroxylation sites is 2. The number of amides is 13. The zero-order valence-corrected chi connectivity index (χ0v) is 69.3. The number of nitrogens with one attached hydrogen (secondary N) is 14. The molecule has 13 amide bonds. The number of carbonyl (C=O) groups excluding carboxylic acids is 14. The number of aromatic amines is 2. The van der Waals surface area contributed by atoms with Crippen molar-refractivity contribution >= 4 is 122 Å². The second-order valence-corrected chi connectivity index (χ2v) is 31.2. The molecule has 1 aliphatic carbocycles. The summed E-state index contributed by atoms with van der Waals surface area (Å²) in [6.45, 7) is 2.95. The van der Waals surface area contributed by atoms with Crippen molar-refractivity contribution in [1.29, 1.82) is 0 Å². The van der Waals surface area contributed by atoms with Crippen LogP contribution in [0.1, 0.15) is 132 Å². The molecule has 0 spiro atoms. The lowest BCUT2D eigenvalue weighted by Crippen LogP contribution is -2.60. The Kier molecular flexibility index (Phi) is 35.7. The molecule has 123 heavy (non-hydrogen) atoms. The standard InChI is InChI=1S/C44H62N14O7.C41H54N10O7/c1-26(59)53-34(23-27-11-3-2-4-12-27)39(62)56-33-17-9-19-49-37(60)31(15-7-20-50-43(45)46)54-40(63)35(24-28-25-52-30-14-6-5-13-29(28)30)57-38(61)32(16-8-21-51-44(47)48)55-41(64)36-18-10-22-58(36)42(33)65;1-24(52)48-33(20-25-10-3-2-4-11-25)39(57)50-31-16-8-18-44-38(56)32(17-9-19-45-41(42)43)51-40(58)34(21-26-22-46-30-15-6-5-12-27(26)30)49-35(53)23-47-37(55)29-14-7-13-28(29)36(31)54/h2-6,11-14,25,31-36,52H,7-10,15-24H2,1H3,(H,49,60)(H,53,59)(H,54,63)(H,55,64)(H,56,62)(H,57,61)(H4,45,46,50)(H4,47,48,51);2-6,10-12,15,22,28-29,31-34,46H,7-9,13-14,16-21,23H2,1H3,(H,44,56)(H,47,55)(H,48,52)(H,49,53)(H,50,57)(H,51,58)(H4,42,43,45)/t31-,32+,33-,34-,35-,36-;28?,29-,31+,32+,33+,34+/m01/s1. The number of rotatable bonds is 26. The summed E-state index contributed by atoms with van der Waals surface area (Å²) in [7, 11) is 0. The number of nitrogens with two attached hydrogens (primary N) is 6. The number of hydrogen-bond donors (Lipinski definition) is 20. The Labute approximate surface area is 712 Å². The molecule has 26 N–H and O–H groups in total. The molecule has 3 aliphatic heterocycles. The van der Waals surface area contributed by atoms with E-state index >= 15 is 0 Å². The highest BCUT2D eigenvalue weighted by molar-refractivity contribution is 6.00. The molecule has 12 atom stereocenters. The fourth-order valence-electron chi connectivity index (χ4n) is 15.8. The van der Waals surface area contributed by atoms with Crippen molar-refractivity contribution in [3.05, 3.63) is 144 Å². The lowest BCUT2D eigenvalue weighted by molar-refractivity contribution is -0.142. The smallest absolute Gasteiger partial charge is 0.245 e. The normalized spacial score (nSPS) is 22.2. The summed E-state index contributed by atoms with van der Waals surface area (Å²) in [4.78, 5) is 212. The van der Waals surface area contributed by atoms with Crippen LogP contribution in [0.2, 0.25) is 0 Å². The molecule has 5 heterocycles. The fraction of sp³-hybridized carbons (Fsp3) is 0.471. The first-order valence-corrected chi connectivity index (χ1v) is 41.8. The van der Waals surface area contributed by atoms with E-state index in [2.05, 4.69) is 88.7 Å². The first kappa shape index (κ1) is 93.4. The Morgan fingerprint density at radius 1 is 0.439 bits per heavy atom. The Bertz CT molecular complexity index is 4770. The molecule has 2 aromatic heterocycles. The van der Waals surface area contributed by atoms with Gasteiger partial charge < -0.3 is 113 Å². The van der Waals surface area contributed by atoms with Crippen molar-refractivity contribution in [3.8, 4) is 0 Å². The van der Waals surface area contributed by atoms with Gasteiger partial charge in [-0.15, -0.1) is 0 Å². The van der Waals surface area contributed by atoms with Gasteiger partial charge in [-0.3, -0.25) is 82.1 Å². The molecule has 1 saturated carbocycles. The van der Waals surface area contributed by atoms with Gasteiger partial charge in [0.2, 0.25) is 76.8 Å². The average molecular weight is 1700 g/mol. The number of ketones is 1. The molecule has 4 aromatic carbocycles.